The van der Waals surface area contributed by atoms with Crippen LogP contribution < -0.4 is 9.61 Å². The molecule has 18 heavy (non-hydrogen) atoms. The number of hydrogen-bond acceptors (Lipinski definition) is 2. The minimum absolute atomic E-state index is 0.306. The summed E-state index contributed by atoms with van der Waals surface area (Å²) < 4.78 is 5.53. The fourth-order valence-electron chi connectivity index (χ4n) is 2.23. The average molecular weight is 285 g/mol. The lowest BCUT2D eigenvalue weighted by atomic mass is 9.96. The van der Waals surface area contributed by atoms with Gasteiger partial charge in [-0.2, -0.15) is 0 Å². The van der Waals surface area contributed by atoms with Crippen molar-refractivity contribution in [2.45, 2.75) is 45.1 Å². The van der Waals surface area contributed by atoms with Crippen molar-refractivity contribution >= 4 is 18.4 Å². The molecule has 0 aliphatic heterocycles. The molecule has 1 unspecified atom stereocenters. The van der Waals surface area contributed by atoms with Crippen molar-refractivity contribution in [3.05, 3.63) is 29.8 Å². The van der Waals surface area contributed by atoms with Crippen molar-refractivity contribution in [1.82, 2.24) is 5.09 Å². The zero-order valence-corrected chi connectivity index (χ0v) is 12.3. The second kappa shape index (κ2) is 6.16. The van der Waals surface area contributed by atoms with Gasteiger partial charge in [-0.1, -0.05) is 37.0 Å². The number of aryl methyl sites for hydroxylation is 1. The van der Waals surface area contributed by atoms with Crippen molar-refractivity contribution in [1.29, 1.82) is 0 Å². The standard InChI is InChI=1S/C13H20NO2PS/c1-11-7-9-13(10-8-11)16-17(15,18)14-12-5-3-2-4-6-12/h7-10,12H,2-6H2,1H3,(H2,14,15,18). The van der Waals surface area contributed by atoms with Crippen LogP contribution in [0.5, 0.6) is 5.75 Å². The molecule has 3 nitrogen and oxygen atoms in total. The first-order valence-electron chi connectivity index (χ1n) is 6.42. The zero-order valence-electron chi connectivity index (χ0n) is 10.6. The van der Waals surface area contributed by atoms with Gasteiger partial charge in [0.2, 0.25) is 0 Å². The van der Waals surface area contributed by atoms with Gasteiger partial charge in [0.05, 0.1) is 0 Å². The number of hydrogen-bond donors (Lipinski definition) is 2. The molecule has 0 bridgehead atoms. The molecule has 0 spiro atoms. The summed E-state index contributed by atoms with van der Waals surface area (Å²) >= 11 is 5.17. The Morgan fingerprint density at radius 2 is 1.83 bits per heavy atom. The summed E-state index contributed by atoms with van der Waals surface area (Å²) in [5, 5.41) is 3.12. The molecule has 1 saturated carbocycles. The van der Waals surface area contributed by atoms with Gasteiger partial charge in [0.15, 0.2) is 0 Å². The Morgan fingerprint density at radius 3 is 2.44 bits per heavy atom. The third-order valence-corrected chi connectivity index (χ3v) is 4.89. The van der Waals surface area contributed by atoms with E-state index in [-0.39, 0.29) is 0 Å². The normalized spacial score (nSPS) is 20.3. The zero-order chi connectivity index (χ0) is 13.0. The molecule has 1 atom stereocenters. The molecule has 0 saturated heterocycles. The van der Waals surface area contributed by atoms with Gasteiger partial charge in [-0.3, -0.25) is 0 Å². The fraction of sp³-hybridized carbons (Fsp3) is 0.538. The van der Waals surface area contributed by atoms with Gasteiger partial charge in [0, 0.05) is 6.04 Å². The van der Waals surface area contributed by atoms with Crippen LogP contribution in [0.1, 0.15) is 37.7 Å². The molecule has 5 heteroatoms. The molecule has 1 aliphatic rings. The molecule has 1 aromatic carbocycles. The molecule has 100 valence electrons. The van der Waals surface area contributed by atoms with E-state index in [9.17, 15) is 4.89 Å². The highest BCUT2D eigenvalue weighted by Gasteiger charge is 2.22. The Morgan fingerprint density at radius 1 is 1.22 bits per heavy atom. The summed E-state index contributed by atoms with van der Waals surface area (Å²) in [7, 11) is 0. The minimum Gasteiger partial charge on any atom is -0.433 e. The van der Waals surface area contributed by atoms with Crippen LogP contribution in [0, 0.1) is 6.92 Å². The lowest BCUT2D eigenvalue weighted by molar-refractivity contribution is 0.385. The van der Waals surface area contributed by atoms with Crippen molar-refractivity contribution in [2.75, 3.05) is 0 Å². The highest BCUT2D eigenvalue weighted by Crippen LogP contribution is 2.40. The molecule has 0 amide bonds. The highest BCUT2D eigenvalue weighted by atomic mass is 32.5. The average Bonchev–Trinajstić information content (AvgIpc) is 2.32. The highest BCUT2D eigenvalue weighted by molar-refractivity contribution is 8.08. The Labute approximate surface area is 114 Å². The van der Waals surface area contributed by atoms with Gasteiger partial charge in [0.1, 0.15) is 5.75 Å². The van der Waals surface area contributed by atoms with Crippen LogP contribution in [-0.4, -0.2) is 10.9 Å². The first-order valence-corrected chi connectivity index (χ1v) is 9.09. The quantitative estimate of drug-likeness (QED) is 0.831. The van der Waals surface area contributed by atoms with Gasteiger partial charge < -0.3 is 9.42 Å². The smallest absolute Gasteiger partial charge is 0.310 e. The maximum absolute atomic E-state index is 10.2. The minimum atomic E-state index is -2.91. The number of nitrogens with one attached hydrogen (secondary N) is 1. The van der Waals surface area contributed by atoms with E-state index in [1.54, 1.807) is 0 Å². The molecule has 0 radical (unpaired) electrons. The predicted molar refractivity (Wildman–Crippen MR) is 78.3 cm³/mol. The molecule has 1 aromatic rings. The van der Waals surface area contributed by atoms with Crippen LogP contribution in [0.3, 0.4) is 0 Å². The summed E-state index contributed by atoms with van der Waals surface area (Å²) in [5.74, 6) is 0.634. The molecule has 2 rings (SSSR count). The van der Waals surface area contributed by atoms with E-state index in [1.807, 2.05) is 31.2 Å². The van der Waals surface area contributed by atoms with Gasteiger partial charge >= 0.3 is 6.64 Å². The molecule has 1 fully saturated rings. The maximum Gasteiger partial charge on any atom is 0.310 e. The van der Waals surface area contributed by atoms with Crippen molar-refractivity contribution < 1.29 is 9.42 Å². The summed E-state index contributed by atoms with van der Waals surface area (Å²) in [6.07, 6.45) is 5.85. The van der Waals surface area contributed by atoms with Gasteiger partial charge in [-0.25, -0.2) is 5.09 Å². The van der Waals surface area contributed by atoms with Crippen LogP contribution in [0.25, 0.3) is 0 Å². The largest absolute Gasteiger partial charge is 0.433 e. The second-order valence-electron chi connectivity index (χ2n) is 4.89. The van der Waals surface area contributed by atoms with Crippen LogP contribution >= 0.6 is 6.64 Å². The molecule has 1 aliphatic carbocycles. The van der Waals surface area contributed by atoms with E-state index < -0.39 is 6.64 Å². The SMILES string of the molecule is Cc1ccc(OP(O)(=S)NC2CCCCC2)cc1. The number of benzene rings is 1. The maximum atomic E-state index is 10.2. The van der Waals surface area contributed by atoms with E-state index in [0.717, 1.165) is 18.4 Å². The van der Waals surface area contributed by atoms with Crippen LogP contribution in [0.2, 0.25) is 0 Å². The lowest BCUT2D eigenvalue weighted by Gasteiger charge is -2.27. The summed E-state index contributed by atoms with van der Waals surface area (Å²) in [4.78, 5) is 10.2. The van der Waals surface area contributed by atoms with Crippen molar-refractivity contribution in [2.24, 2.45) is 0 Å². The molecular formula is C13H20NO2PS. The van der Waals surface area contributed by atoms with Gasteiger partial charge in [-0.15, -0.1) is 0 Å². The topological polar surface area (TPSA) is 41.5 Å². The van der Waals surface area contributed by atoms with E-state index in [4.69, 9.17) is 16.3 Å². The lowest BCUT2D eigenvalue weighted by Crippen LogP contribution is -2.29. The van der Waals surface area contributed by atoms with Crippen LogP contribution in [-0.2, 0) is 11.8 Å². The summed E-state index contributed by atoms with van der Waals surface area (Å²) in [5.41, 5.74) is 1.16. The summed E-state index contributed by atoms with van der Waals surface area (Å²) in [6, 6.07) is 7.89. The predicted octanol–water partition coefficient (Wildman–Crippen LogP) is 3.51. The van der Waals surface area contributed by atoms with Crippen LogP contribution in [0.15, 0.2) is 24.3 Å². The first-order chi connectivity index (χ1) is 8.55. The Balaban J connectivity index is 1.93. The van der Waals surface area contributed by atoms with Crippen molar-refractivity contribution in [3.8, 4) is 5.75 Å². The fourth-order valence-corrected chi connectivity index (χ4v) is 4.12. The molecule has 0 aromatic heterocycles. The third kappa shape index (κ3) is 4.36. The van der Waals surface area contributed by atoms with E-state index in [1.165, 1.54) is 19.3 Å². The first kappa shape index (κ1) is 14.0. The van der Waals surface area contributed by atoms with Crippen LogP contribution in [0.4, 0.5) is 0 Å². The molecular weight excluding hydrogens is 265 g/mol. The van der Waals surface area contributed by atoms with Crippen molar-refractivity contribution in [3.63, 3.8) is 0 Å². The monoisotopic (exact) mass is 285 g/mol. The Hall–Kier alpha value is -0.410. The van der Waals surface area contributed by atoms with E-state index >= 15 is 0 Å². The molecule has 2 N–H and O–H groups in total. The van der Waals surface area contributed by atoms with Gasteiger partial charge in [-0.05, 0) is 43.7 Å². The van der Waals surface area contributed by atoms with E-state index in [0.29, 0.717) is 11.8 Å². The Bertz CT molecular complexity index is 429. The molecule has 0 heterocycles. The summed E-state index contributed by atoms with van der Waals surface area (Å²) in [6.45, 7) is -0.902. The Kier molecular flexibility index (Phi) is 4.79. The number of rotatable bonds is 4. The third-order valence-electron chi connectivity index (χ3n) is 3.20. The van der Waals surface area contributed by atoms with Gasteiger partial charge in [0.25, 0.3) is 0 Å². The second-order valence-corrected chi connectivity index (χ2v) is 7.86. The van der Waals surface area contributed by atoms with E-state index in [2.05, 4.69) is 5.09 Å².